The van der Waals surface area contributed by atoms with E-state index in [2.05, 4.69) is 5.32 Å². The Balaban J connectivity index is 2.19. The summed E-state index contributed by atoms with van der Waals surface area (Å²) in [5.74, 6) is -0.388. The zero-order chi connectivity index (χ0) is 14.0. The van der Waals surface area contributed by atoms with E-state index in [4.69, 9.17) is 46.4 Å². The van der Waals surface area contributed by atoms with E-state index < -0.39 is 0 Å². The fourth-order valence-electron chi connectivity index (χ4n) is 1.56. The molecule has 19 heavy (non-hydrogen) atoms. The quantitative estimate of drug-likeness (QED) is 0.718. The molecule has 0 saturated carbocycles. The van der Waals surface area contributed by atoms with Gasteiger partial charge < -0.3 is 5.32 Å². The van der Waals surface area contributed by atoms with Crippen LogP contribution in [0.2, 0.25) is 20.1 Å². The number of rotatable bonds is 3. The number of hydrogen-bond donors (Lipinski definition) is 1. The van der Waals surface area contributed by atoms with E-state index >= 15 is 0 Å². The lowest BCUT2D eigenvalue weighted by atomic mass is 10.2. The SMILES string of the molecule is Fc1cc(Cl)ccc1CNc1c(Cl)cc(Cl)cc1Cl. The number of halogens is 5. The van der Waals surface area contributed by atoms with E-state index in [0.29, 0.717) is 31.3 Å². The Morgan fingerprint density at radius 1 is 0.895 bits per heavy atom. The highest BCUT2D eigenvalue weighted by Gasteiger charge is 2.09. The van der Waals surface area contributed by atoms with E-state index in [1.807, 2.05) is 0 Å². The Hall–Kier alpha value is -0.670. The van der Waals surface area contributed by atoms with Gasteiger partial charge in [0, 0.05) is 22.2 Å². The van der Waals surface area contributed by atoms with Crippen molar-refractivity contribution in [2.75, 3.05) is 5.32 Å². The topological polar surface area (TPSA) is 12.0 Å². The molecule has 100 valence electrons. The molecule has 0 atom stereocenters. The molecule has 0 spiro atoms. The zero-order valence-corrected chi connectivity index (χ0v) is 12.5. The minimum Gasteiger partial charge on any atom is -0.378 e. The summed E-state index contributed by atoms with van der Waals surface area (Å²) in [4.78, 5) is 0. The first kappa shape index (κ1) is 14.7. The maximum atomic E-state index is 13.6. The predicted molar refractivity (Wildman–Crippen MR) is 80.2 cm³/mol. The summed E-state index contributed by atoms with van der Waals surface area (Å²) in [7, 11) is 0. The Morgan fingerprint density at radius 2 is 1.53 bits per heavy atom. The second kappa shape index (κ2) is 6.19. The van der Waals surface area contributed by atoms with Crippen LogP contribution in [0.25, 0.3) is 0 Å². The van der Waals surface area contributed by atoms with Crippen LogP contribution < -0.4 is 5.32 Å². The van der Waals surface area contributed by atoms with Crippen LogP contribution in [-0.2, 0) is 6.54 Å². The van der Waals surface area contributed by atoms with Crippen molar-refractivity contribution < 1.29 is 4.39 Å². The molecule has 0 bridgehead atoms. The average molecular weight is 339 g/mol. The van der Waals surface area contributed by atoms with E-state index in [1.54, 1.807) is 24.3 Å². The second-order valence-corrected chi connectivity index (χ2v) is 5.52. The second-order valence-electron chi connectivity index (χ2n) is 3.83. The first-order valence-electron chi connectivity index (χ1n) is 5.29. The van der Waals surface area contributed by atoms with Gasteiger partial charge in [-0.15, -0.1) is 0 Å². The molecule has 0 aliphatic rings. The summed E-state index contributed by atoms with van der Waals surface area (Å²) in [6.07, 6.45) is 0. The third kappa shape index (κ3) is 3.67. The molecule has 1 nitrogen and oxygen atoms in total. The van der Waals surface area contributed by atoms with Gasteiger partial charge in [-0.3, -0.25) is 0 Å². The number of hydrogen-bond acceptors (Lipinski definition) is 1. The predicted octanol–water partition coefficient (Wildman–Crippen LogP) is 6.05. The molecule has 0 aliphatic heterocycles. The summed E-state index contributed by atoms with van der Waals surface area (Å²) >= 11 is 23.5. The van der Waals surface area contributed by atoms with Crippen molar-refractivity contribution in [3.8, 4) is 0 Å². The van der Waals surface area contributed by atoms with Gasteiger partial charge in [-0.1, -0.05) is 52.5 Å². The molecule has 2 aromatic carbocycles. The molecule has 1 N–H and O–H groups in total. The summed E-state index contributed by atoms with van der Waals surface area (Å²) in [6.45, 7) is 0.240. The van der Waals surface area contributed by atoms with Crippen molar-refractivity contribution in [1.29, 1.82) is 0 Å². The van der Waals surface area contributed by atoms with Crippen LogP contribution in [0.5, 0.6) is 0 Å². The van der Waals surface area contributed by atoms with Crippen LogP contribution in [0.1, 0.15) is 5.56 Å². The van der Waals surface area contributed by atoms with E-state index in [9.17, 15) is 4.39 Å². The highest BCUT2D eigenvalue weighted by Crippen LogP contribution is 2.34. The van der Waals surface area contributed by atoms with Crippen LogP contribution in [0.15, 0.2) is 30.3 Å². The highest BCUT2D eigenvalue weighted by molar-refractivity contribution is 6.41. The molecule has 0 aromatic heterocycles. The summed E-state index contributed by atoms with van der Waals surface area (Å²) in [5.41, 5.74) is 0.980. The molecule has 6 heteroatoms. The van der Waals surface area contributed by atoms with Gasteiger partial charge in [0.2, 0.25) is 0 Å². The van der Waals surface area contributed by atoms with Crippen molar-refractivity contribution in [2.24, 2.45) is 0 Å². The van der Waals surface area contributed by atoms with Gasteiger partial charge in [0.05, 0.1) is 15.7 Å². The van der Waals surface area contributed by atoms with Gasteiger partial charge in [-0.25, -0.2) is 4.39 Å². The van der Waals surface area contributed by atoms with Gasteiger partial charge in [-0.05, 0) is 24.3 Å². The lowest BCUT2D eigenvalue weighted by molar-refractivity contribution is 0.613. The lowest BCUT2D eigenvalue weighted by Gasteiger charge is -2.11. The van der Waals surface area contributed by atoms with Gasteiger partial charge >= 0.3 is 0 Å². The third-order valence-corrected chi connectivity index (χ3v) is 3.53. The van der Waals surface area contributed by atoms with Crippen molar-refractivity contribution in [3.05, 3.63) is 61.8 Å². The molecule has 0 aliphatic carbocycles. The van der Waals surface area contributed by atoms with E-state index in [0.717, 1.165) is 0 Å². The van der Waals surface area contributed by atoms with Gasteiger partial charge in [0.25, 0.3) is 0 Å². The standard InChI is InChI=1S/C13H8Cl4FN/c14-8-2-1-7(12(18)5-8)6-19-13-10(16)3-9(15)4-11(13)17/h1-5,19H,6H2. The molecular formula is C13H8Cl4FN. The lowest BCUT2D eigenvalue weighted by Crippen LogP contribution is -2.03. The van der Waals surface area contributed by atoms with Crippen LogP contribution in [0, 0.1) is 5.82 Å². The monoisotopic (exact) mass is 337 g/mol. The minimum absolute atomic E-state index is 0.240. The largest absolute Gasteiger partial charge is 0.378 e. The van der Waals surface area contributed by atoms with Crippen molar-refractivity contribution in [3.63, 3.8) is 0 Å². The van der Waals surface area contributed by atoms with Crippen molar-refractivity contribution in [2.45, 2.75) is 6.54 Å². The molecule has 0 saturated heterocycles. The van der Waals surface area contributed by atoms with Gasteiger partial charge in [-0.2, -0.15) is 0 Å². The Labute approximate surface area is 130 Å². The third-order valence-electron chi connectivity index (χ3n) is 2.48. The van der Waals surface area contributed by atoms with Crippen molar-refractivity contribution >= 4 is 52.1 Å². The summed E-state index contributed by atoms with van der Waals surface area (Å²) in [6, 6.07) is 7.60. The maximum Gasteiger partial charge on any atom is 0.129 e. The minimum atomic E-state index is -0.388. The molecule has 0 fully saturated rings. The van der Waals surface area contributed by atoms with Crippen LogP contribution in [-0.4, -0.2) is 0 Å². The molecule has 2 rings (SSSR count). The molecule has 0 unspecified atom stereocenters. The number of benzene rings is 2. The molecule has 0 radical (unpaired) electrons. The Morgan fingerprint density at radius 3 is 2.11 bits per heavy atom. The Kier molecular flexibility index (Phi) is 4.80. The van der Waals surface area contributed by atoms with Crippen LogP contribution >= 0.6 is 46.4 Å². The number of nitrogens with one attached hydrogen (secondary N) is 1. The molecule has 0 amide bonds. The zero-order valence-electron chi connectivity index (χ0n) is 9.48. The summed E-state index contributed by atoms with van der Waals surface area (Å²) in [5, 5.41) is 4.54. The fourth-order valence-corrected chi connectivity index (χ4v) is 2.67. The van der Waals surface area contributed by atoms with Crippen LogP contribution in [0.3, 0.4) is 0 Å². The van der Waals surface area contributed by atoms with Gasteiger partial charge in [0.1, 0.15) is 5.82 Å². The van der Waals surface area contributed by atoms with Crippen LogP contribution in [0.4, 0.5) is 10.1 Å². The molecule has 0 heterocycles. The summed E-state index contributed by atoms with van der Waals surface area (Å²) < 4.78 is 13.6. The molecular weight excluding hydrogens is 331 g/mol. The first-order chi connectivity index (χ1) is 8.97. The smallest absolute Gasteiger partial charge is 0.129 e. The maximum absolute atomic E-state index is 13.6. The molecule has 2 aromatic rings. The number of anilines is 1. The first-order valence-corrected chi connectivity index (χ1v) is 6.81. The van der Waals surface area contributed by atoms with E-state index in [1.165, 1.54) is 6.07 Å². The van der Waals surface area contributed by atoms with Gasteiger partial charge in [0.15, 0.2) is 0 Å². The van der Waals surface area contributed by atoms with E-state index in [-0.39, 0.29) is 12.4 Å². The fraction of sp³-hybridized carbons (Fsp3) is 0.0769. The van der Waals surface area contributed by atoms with Crippen molar-refractivity contribution in [1.82, 2.24) is 0 Å². The Bertz CT molecular complexity index is 593. The normalized spacial score (nSPS) is 10.6. The average Bonchev–Trinajstić information content (AvgIpc) is 2.30. The highest BCUT2D eigenvalue weighted by atomic mass is 35.5.